The third kappa shape index (κ3) is 2.75. The number of alkyl halides is 5. The van der Waals surface area contributed by atoms with Crippen LogP contribution in [0, 0.1) is 0 Å². The van der Waals surface area contributed by atoms with Crippen molar-refractivity contribution in [3.05, 3.63) is 0 Å². The molecule has 0 atom stereocenters. The summed E-state index contributed by atoms with van der Waals surface area (Å²) in [5.41, 5.74) is 0. The Morgan fingerprint density at radius 1 is 1.30 bits per heavy atom. The van der Waals surface area contributed by atoms with Crippen LogP contribution in [0.4, 0.5) is 13.2 Å². The van der Waals surface area contributed by atoms with Gasteiger partial charge in [0, 0.05) is 0 Å². The molecule has 0 saturated heterocycles. The van der Waals surface area contributed by atoms with Crippen molar-refractivity contribution in [3.8, 4) is 0 Å². The molecule has 0 radical (unpaired) electrons. The van der Waals surface area contributed by atoms with Crippen LogP contribution in [0.5, 0.6) is 0 Å². The molecule has 0 aliphatic carbocycles. The first-order valence-electron chi connectivity index (χ1n) is 2.15. The van der Waals surface area contributed by atoms with E-state index in [2.05, 4.69) is 0 Å². The summed E-state index contributed by atoms with van der Waals surface area (Å²) in [7, 11) is 0. The maximum Gasteiger partial charge on any atom is 0.453 e. The molecule has 0 bridgehead atoms. The highest BCUT2D eigenvalue weighted by molar-refractivity contribution is 6.58. The van der Waals surface area contributed by atoms with E-state index in [9.17, 15) is 18.0 Å². The van der Waals surface area contributed by atoms with Gasteiger partial charge in [-0.25, -0.2) is 0 Å². The molecule has 1 nitrogen and oxygen atoms in total. The standard InChI is InChI=1S/C4H3Cl2F3O/c1-3(5,6)2(10)4(7,8)9/h1H3. The molecule has 0 aliphatic heterocycles. The van der Waals surface area contributed by atoms with E-state index in [-0.39, 0.29) is 0 Å². The van der Waals surface area contributed by atoms with Gasteiger partial charge in [-0.3, -0.25) is 4.79 Å². The van der Waals surface area contributed by atoms with Crippen molar-refractivity contribution in [2.24, 2.45) is 0 Å². The van der Waals surface area contributed by atoms with Crippen molar-refractivity contribution in [2.75, 3.05) is 0 Å². The zero-order valence-corrected chi connectivity index (χ0v) is 6.31. The monoisotopic (exact) mass is 194 g/mol. The largest absolute Gasteiger partial charge is 0.453 e. The quantitative estimate of drug-likeness (QED) is 0.586. The van der Waals surface area contributed by atoms with E-state index in [0.717, 1.165) is 6.92 Å². The lowest BCUT2D eigenvalue weighted by atomic mass is 10.3. The lowest BCUT2D eigenvalue weighted by Gasteiger charge is -2.13. The number of rotatable bonds is 1. The summed E-state index contributed by atoms with van der Waals surface area (Å²) < 4.78 is 31.9. The molecule has 0 aromatic carbocycles. The summed E-state index contributed by atoms with van der Waals surface area (Å²) in [5.74, 6) is -2.15. The Hall–Kier alpha value is 0.0400. The number of halogens is 5. The molecular formula is C4H3Cl2F3O. The summed E-state index contributed by atoms with van der Waals surface area (Å²) in [6.45, 7) is 0.770. The highest BCUT2D eigenvalue weighted by Gasteiger charge is 2.48. The van der Waals surface area contributed by atoms with Crippen LogP contribution in [-0.4, -0.2) is 16.3 Å². The molecule has 60 valence electrons. The van der Waals surface area contributed by atoms with Crippen molar-refractivity contribution in [2.45, 2.75) is 17.4 Å². The van der Waals surface area contributed by atoms with E-state index < -0.39 is 16.3 Å². The van der Waals surface area contributed by atoms with Gasteiger partial charge in [0.25, 0.3) is 5.78 Å². The van der Waals surface area contributed by atoms with E-state index >= 15 is 0 Å². The minimum atomic E-state index is -4.96. The number of Topliss-reactive ketones (excluding diaryl/α,β-unsaturated/α-hetero) is 1. The van der Waals surface area contributed by atoms with Gasteiger partial charge in [-0.15, -0.1) is 0 Å². The van der Waals surface area contributed by atoms with Crippen LogP contribution in [0.2, 0.25) is 0 Å². The summed E-state index contributed by atoms with van der Waals surface area (Å²) in [6, 6.07) is 0. The Bertz CT molecular complexity index is 130. The molecule has 0 spiro atoms. The Labute approximate surface area is 65.1 Å². The SMILES string of the molecule is CC(Cl)(Cl)C(=O)C(F)(F)F. The molecule has 0 saturated carbocycles. The minimum absolute atomic E-state index is 0.770. The van der Waals surface area contributed by atoms with Crippen LogP contribution < -0.4 is 0 Å². The fraction of sp³-hybridized carbons (Fsp3) is 0.750. The van der Waals surface area contributed by atoms with Gasteiger partial charge < -0.3 is 0 Å². The molecule has 0 aromatic rings. The molecule has 0 aromatic heterocycles. The van der Waals surface area contributed by atoms with Crippen molar-refractivity contribution in [1.29, 1.82) is 0 Å². The molecule has 0 N–H and O–H groups in total. The Morgan fingerprint density at radius 2 is 1.60 bits per heavy atom. The zero-order valence-electron chi connectivity index (χ0n) is 4.80. The predicted octanol–water partition coefficient (Wildman–Crippen LogP) is 2.31. The molecule has 0 unspecified atom stereocenters. The van der Waals surface area contributed by atoms with Gasteiger partial charge in [0.05, 0.1) is 0 Å². The molecular weight excluding hydrogens is 192 g/mol. The summed E-state index contributed by atoms with van der Waals surface area (Å²) in [4.78, 5) is 10.1. The van der Waals surface area contributed by atoms with Crippen LogP contribution >= 0.6 is 23.2 Å². The summed E-state index contributed by atoms with van der Waals surface area (Å²) in [6.07, 6.45) is -4.96. The first-order chi connectivity index (χ1) is 4.15. The fourth-order valence-corrected chi connectivity index (χ4v) is 0.463. The second-order valence-electron chi connectivity index (χ2n) is 1.72. The second kappa shape index (κ2) is 2.58. The van der Waals surface area contributed by atoms with E-state index in [1.165, 1.54) is 0 Å². The van der Waals surface area contributed by atoms with Crippen LogP contribution in [0.3, 0.4) is 0 Å². The second-order valence-corrected chi connectivity index (χ2v) is 3.42. The summed E-state index contributed by atoms with van der Waals surface area (Å²) in [5, 5.41) is 0. The van der Waals surface area contributed by atoms with Gasteiger partial charge >= 0.3 is 6.18 Å². The molecule has 0 amide bonds. The molecule has 6 heteroatoms. The number of ketones is 1. The Balaban J connectivity index is 4.40. The van der Waals surface area contributed by atoms with Crippen molar-refractivity contribution >= 4 is 29.0 Å². The van der Waals surface area contributed by atoms with Gasteiger partial charge in [0.1, 0.15) is 0 Å². The van der Waals surface area contributed by atoms with Crippen molar-refractivity contribution in [1.82, 2.24) is 0 Å². The zero-order chi connectivity index (χ0) is 8.58. The van der Waals surface area contributed by atoms with Gasteiger partial charge in [0.15, 0.2) is 4.33 Å². The molecule has 0 aliphatic rings. The van der Waals surface area contributed by atoms with E-state index in [1.54, 1.807) is 0 Å². The Kier molecular flexibility index (Phi) is 2.59. The first-order valence-corrected chi connectivity index (χ1v) is 2.90. The summed E-state index contributed by atoms with van der Waals surface area (Å²) >= 11 is 9.73. The lowest BCUT2D eigenvalue weighted by molar-refractivity contribution is -0.171. The number of carbonyl (C=O) groups is 1. The van der Waals surface area contributed by atoms with Crippen LogP contribution in [0.15, 0.2) is 0 Å². The van der Waals surface area contributed by atoms with Gasteiger partial charge in [-0.05, 0) is 6.92 Å². The van der Waals surface area contributed by atoms with Crippen LogP contribution in [-0.2, 0) is 4.79 Å². The topological polar surface area (TPSA) is 17.1 Å². The van der Waals surface area contributed by atoms with E-state index in [1.807, 2.05) is 0 Å². The number of carbonyl (C=O) groups excluding carboxylic acids is 1. The van der Waals surface area contributed by atoms with E-state index in [4.69, 9.17) is 23.2 Å². The lowest BCUT2D eigenvalue weighted by Crippen LogP contribution is -2.35. The first kappa shape index (κ1) is 10.0. The normalized spacial score (nSPS) is 13.4. The van der Waals surface area contributed by atoms with Crippen molar-refractivity contribution in [3.63, 3.8) is 0 Å². The third-order valence-corrected chi connectivity index (χ3v) is 0.999. The smallest absolute Gasteiger partial charge is 0.286 e. The van der Waals surface area contributed by atoms with Gasteiger partial charge in [-0.2, -0.15) is 13.2 Å². The Morgan fingerprint density at radius 3 is 1.60 bits per heavy atom. The number of hydrogen-bond acceptors (Lipinski definition) is 1. The molecule has 10 heavy (non-hydrogen) atoms. The minimum Gasteiger partial charge on any atom is -0.286 e. The maximum atomic E-state index is 11.4. The predicted molar refractivity (Wildman–Crippen MR) is 31.2 cm³/mol. The van der Waals surface area contributed by atoms with Gasteiger partial charge in [0.2, 0.25) is 0 Å². The highest BCUT2D eigenvalue weighted by Crippen LogP contribution is 2.30. The third-order valence-electron chi connectivity index (χ3n) is 0.656. The molecule has 0 fully saturated rings. The number of hydrogen-bond donors (Lipinski definition) is 0. The van der Waals surface area contributed by atoms with E-state index in [0.29, 0.717) is 0 Å². The maximum absolute atomic E-state index is 11.4. The molecule has 0 rings (SSSR count). The highest BCUT2D eigenvalue weighted by atomic mass is 35.5. The van der Waals surface area contributed by atoms with Crippen LogP contribution in [0.1, 0.15) is 6.92 Å². The van der Waals surface area contributed by atoms with Gasteiger partial charge in [-0.1, -0.05) is 23.2 Å². The average molecular weight is 195 g/mol. The molecule has 0 heterocycles. The fourth-order valence-electron chi connectivity index (χ4n) is 0.249. The average Bonchev–Trinajstić information content (AvgIpc) is 1.59. The van der Waals surface area contributed by atoms with Crippen molar-refractivity contribution < 1.29 is 18.0 Å². The van der Waals surface area contributed by atoms with Crippen LogP contribution in [0.25, 0.3) is 0 Å².